The highest BCUT2D eigenvalue weighted by Crippen LogP contribution is 2.17. The highest BCUT2D eigenvalue weighted by atomic mass is 16.5. The van der Waals surface area contributed by atoms with E-state index in [4.69, 9.17) is 9.47 Å². The Labute approximate surface area is 120 Å². The summed E-state index contributed by atoms with van der Waals surface area (Å²) in [6.45, 7) is 6.13. The van der Waals surface area contributed by atoms with Crippen LogP contribution in [0.25, 0.3) is 0 Å². The maximum absolute atomic E-state index is 11.7. The van der Waals surface area contributed by atoms with Crippen molar-refractivity contribution >= 4 is 5.91 Å². The van der Waals surface area contributed by atoms with Crippen LogP contribution in [0.2, 0.25) is 0 Å². The first-order valence-corrected chi connectivity index (χ1v) is 6.89. The maximum atomic E-state index is 11.7. The molecule has 0 aliphatic carbocycles. The number of carbonyl (C=O) groups is 1. The van der Waals surface area contributed by atoms with Crippen LogP contribution in [0.3, 0.4) is 0 Å². The summed E-state index contributed by atoms with van der Waals surface area (Å²) < 4.78 is 10.3. The van der Waals surface area contributed by atoms with Gasteiger partial charge in [-0.1, -0.05) is 12.1 Å². The Morgan fingerprint density at radius 3 is 2.60 bits per heavy atom. The van der Waals surface area contributed by atoms with E-state index in [9.17, 15) is 4.79 Å². The fraction of sp³-hybridized carbons (Fsp3) is 0.533. The predicted molar refractivity (Wildman–Crippen MR) is 78.9 cm³/mol. The van der Waals surface area contributed by atoms with Crippen molar-refractivity contribution in [3.63, 3.8) is 0 Å². The lowest BCUT2D eigenvalue weighted by Gasteiger charge is -2.15. The highest BCUT2D eigenvalue weighted by molar-refractivity contribution is 5.78. The van der Waals surface area contributed by atoms with Gasteiger partial charge < -0.3 is 20.1 Å². The summed E-state index contributed by atoms with van der Waals surface area (Å²) in [7, 11) is 1.63. The third-order valence-electron chi connectivity index (χ3n) is 2.84. The van der Waals surface area contributed by atoms with Crippen molar-refractivity contribution in [3.8, 4) is 5.75 Å². The Balaban J connectivity index is 2.37. The van der Waals surface area contributed by atoms with Crippen molar-refractivity contribution in [1.82, 2.24) is 10.6 Å². The molecule has 0 heterocycles. The molecule has 1 amide bonds. The SMILES string of the molecule is CCOc1ccc(C(C)NC(=O)CNCCOC)cc1. The second-order valence-corrected chi connectivity index (χ2v) is 4.46. The van der Waals surface area contributed by atoms with Crippen LogP contribution in [0.5, 0.6) is 5.75 Å². The Bertz CT molecular complexity index is 393. The first-order chi connectivity index (χ1) is 9.67. The molecule has 0 aliphatic heterocycles. The molecule has 5 heteroatoms. The third-order valence-corrected chi connectivity index (χ3v) is 2.84. The number of rotatable bonds is 9. The number of amides is 1. The van der Waals surface area contributed by atoms with Crippen molar-refractivity contribution < 1.29 is 14.3 Å². The number of benzene rings is 1. The number of methoxy groups -OCH3 is 1. The fourth-order valence-corrected chi connectivity index (χ4v) is 1.77. The molecule has 112 valence electrons. The second-order valence-electron chi connectivity index (χ2n) is 4.46. The van der Waals surface area contributed by atoms with Gasteiger partial charge in [-0.05, 0) is 31.5 Å². The molecule has 0 aliphatic rings. The Hall–Kier alpha value is -1.59. The molecule has 0 radical (unpaired) electrons. The van der Waals surface area contributed by atoms with Gasteiger partial charge in [-0.25, -0.2) is 0 Å². The van der Waals surface area contributed by atoms with Gasteiger partial charge in [-0.3, -0.25) is 4.79 Å². The number of hydrogen-bond donors (Lipinski definition) is 2. The molecule has 0 fully saturated rings. The Kier molecular flexibility index (Phi) is 7.69. The highest BCUT2D eigenvalue weighted by Gasteiger charge is 2.09. The summed E-state index contributed by atoms with van der Waals surface area (Å²) in [6, 6.07) is 7.74. The van der Waals surface area contributed by atoms with Gasteiger partial charge in [0.15, 0.2) is 0 Å². The average molecular weight is 280 g/mol. The van der Waals surface area contributed by atoms with Crippen LogP contribution in [0.15, 0.2) is 24.3 Å². The van der Waals surface area contributed by atoms with Crippen molar-refractivity contribution in [3.05, 3.63) is 29.8 Å². The van der Waals surface area contributed by atoms with Gasteiger partial charge >= 0.3 is 0 Å². The molecular weight excluding hydrogens is 256 g/mol. The summed E-state index contributed by atoms with van der Waals surface area (Å²) >= 11 is 0. The molecule has 0 saturated heterocycles. The lowest BCUT2D eigenvalue weighted by molar-refractivity contribution is -0.120. The molecule has 1 rings (SSSR count). The normalized spacial score (nSPS) is 11.9. The minimum atomic E-state index is -0.0256. The lowest BCUT2D eigenvalue weighted by atomic mass is 10.1. The van der Waals surface area contributed by atoms with E-state index < -0.39 is 0 Å². The van der Waals surface area contributed by atoms with Gasteiger partial charge in [0.1, 0.15) is 5.75 Å². The standard InChI is InChI=1S/C15H24N2O3/c1-4-20-14-7-5-13(6-8-14)12(2)17-15(18)11-16-9-10-19-3/h5-8,12,16H,4,9-11H2,1-3H3,(H,17,18). The van der Waals surface area contributed by atoms with Gasteiger partial charge in [0.2, 0.25) is 5.91 Å². The zero-order chi connectivity index (χ0) is 14.8. The largest absolute Gasteiger partial charge is 0.494 e. The van der Waals surface area contributed by atoms with Crippen LogP contribution in [0.4, 0.5) is 0 Å². The summed E-state index contributed by atoms with van der Waals surface area (Å²) in [5.74, 6) is 0.818. The van der Waals surface area contributed by atoms with Crippen molar-refractivity contribution in [1.29, 1.82) is 0 Å². The first kappa shape index (κ1) is 16.5. The van der Waals surface area contributed by atoms with Crippen LogP contribution < -0.4 is 15.4 Å². The second kappa shape index (κ2) is 9.34. The molecule has 1 aromatic carbocycles. The molecule has 20 heavy (non-hydrogen) atoms. The Morgan fingerprint density at radius 2 is 2.00 bits per heavy atom. The average Bonchev–Trinajstić information content (AvgIpc) is 2.45. The smallest absolute Gasteiger partial charge is 0.234 e. The van der Waals surface area contributed by atoms with E-state index in [0.717, 1.165) is 11.3 Å². The summed E-state index contributed by atoms with van der Waals surface area (Å²) in [5.41, 5.74) is 1.05. The van der Waals surface area contributed by atoms with E-state index in [1.54, 1.807) is 7.11 Å². The quantitative estimate of drug-likeness (QED) is 0.673. The van der Waals surface area contributed by atoms with Crippen molar-refractivity contribution in [2.24, 2.45) is 0 Å². The van der Waals surface area contributed by atoms with Crippen molar-refractivity contribution in [2.75, 3.05) is 33.4 Å². The molecule has 5 nitrogen and oxygen atoms in total. The van der Waals surface area contributed by atoms with Gasteiger partial charge in [0.25, 0.3) is 0 Å². The zero-order valence-corrected chi connectivity index (χ0v) is 12.4. The zero-order valence-electron chi connectivity index (χ0n) is 12.4. The molecule has 2 N–H and O–H groups in total. The minimum absolute atomic E-state index is 0.0255. The third kappa shape index (κ3) is 6.04. The van der Waals surface area contributed by atoms with Crippen LogP contribution >= 0.6 is 0 Å². The molecular formula is C15H24N2O3. The molecule has 0 aromatic heterocycles. The van der Waals surface area contributed by atoms with Crippen LogP contribution in [0.1, 0.15) is 25.5 Å². The van der Waals surface area contributed by atoms with Gasteiger partial charge in [0.05, 0.1) is 25.8 Å². The lowest BCUT2D eigenvalue weighted by Crippen LogP contribution is -2.36. The number of ether oxygens (including phenoxy) is 2. The van der Waals surface area contributed by atoms with Gasteiger partial charge in [-0.2, -0.15) is 0 Å². The molecule has 0 saturated carbocycles. The predicted octanol–water partition coefficient (Wildman–Crippen LogP) is 1.50. The topological polar surface area (TPSA) is 59.6 Å². The summed E-state index contributed by atoms with van der Waals surface area (Å²) in [5, 5.41) is 5.95. The minimum Gasteiger partial charge on any atom is -0.494 e. The first-order valence-electron chi connectivity index (χ1n) is 6.89. The van der Waals surface area contributed by atoms with E-state index >= 15 is 0 Å². The van der Waals surface area contributed by atoms with Crippen LogP contribution in [-0.2, 0) is 9.53 Å². The van der Waals surface area contributed by atoms with Crippen molar-refractivity contribution in [2.45, 2.75) is 19.9 Å². The maximum Gasteiger partial charge on any atom is 0.234 e. The molecule has 1 unspecified atom stereocenters. The van der Waals surface area contributed by atoms with E-state index in [2.05, 4.69) is 10.6 Å². The van der Waals surface area contributed by atoms with Gasteiger partial charge in [-0.15, -0.1) is 0 Å². The molecule has 1 atom stereocenters. The number of nitrogens with one attached hydrogen (secondary N) is 2. The van der Waals surface area contributed by atoms with E-state index in [1.165, 1.54) is 0 Å². The van der Waals surface area contributed by atoms with Crippen LogP contribution in [0, 0.1) is 0 Å². The summed E-state index contributed by atoms with van der Waals surface area (Å²) in [4.78, 5) is 11.7. The molecule has 0 bridgehead atoms. The fourth-order valence-electron chi connectivity index (χ4n) is 1.77. The number of hydrogen-bond acceptors (Lipinski definition) is 4. The number of carbonyl (C=O) groups excluding carboxylic acids is 1. The van der Waals surface area contributed by atoms with E-state index in [1.807, 2.05) is 38.1 Å². The van der Waals surface area contributed by atoms with Crippen LogP contribution in [-0.4, -0.2) is 39.3 Å². The molecule has 1 aromatic rings. The molecule has 0 spiro atoms. The Morgan fingerprint density at radius 1 is 1.30 bits per heavy atom. The van der Waals surface area contributed by atoms with Gasteiger partial charge in [0, 0.05) is 13.7 Å². The summed E-state index contributed by atoms with van der Waals surface area (Å²) in [6.07, 6.45) is 0. The van der Waals surface area contributed by atoms with E-state index in [-0.39, 0.29) is 11.9 Å². The van der Waals surface area contributed by atoms with E-state index in [0.29, 0.717) is 26.3 Å². The monoisotopic (exact) mass is 280 g/mol.